The van der Waals surface area contributed by atoms with Crippen LogP contribution >= 0.6 is 11.3 Å². The molecule has 3 heteroatoms. The molecule has 1 aromatic carbocycles. The SMILES string of the molecule is CC(C)(C)c1nc2c(C3(CN)CCC3)cccc2s1. The molecule has 0 radical (unpaired) electrons. The predicted molar refractivity (Wildman–Crippen MR) is 82.9 cm³/mol. The molecule has 2 N–H and O–H groups in total. The summed E-state index contributed by atoms with van der Waals surface area (Å²) in [6.07, 6.45) is 3.72. The Bertz CT molecular complexity index is 597. The summed E-state index contributed by atoms with van der Waals surface area (Å²) in [6.45, 7) is 7.43. The van der Waals surface area contributed by atoms with Crippen molar-refractivity contribution in [2.24, 2.45) is 5.73 Å². The van der Waals surface area contributed by atoms with E-state index in [1.165, 1.54) is 40.1 Å². The van der Waals surface area contributed by atoms with Gasteiger partial charge in [0.05, 0.1) is 15.2 Å². The molecule has 1 saturated carbocycles. The van der Waals surface area contributed by atoms with E-state index in [4.69, 9.17) is 10.7 Å². The molecule has 1 heterocycles. The van der Waals surface area contributed by atoms with Gasteiger partial charge in [0, 0.05) is 17.4 Å². The Labute approximate surface area is 119 Å². The number of fused-ring (bicyclic) bond motifs is 1. The van der Waals surface area contributed by atoms with E-state index in [-0.39, 0.29) is 10.8 Å². The molecule has 0 aliphatic heterocycles. The van der Waals surface area contributed by atoms with Gasteiger partial charge in [-0.05, 0) is 24.5 Å². The highest BCUT2D eigenvalue weighted by molar-refractivity contribution is 7.18. The maximum absolute atomic E-state index is 6.06. The number of thiazole rings is 1. The fourth-order valence-electron chi connectivity index (χ4n) is 2.88. The second-order valence-electron chi connectivity index (χ2n) is 6.76. The van der Waals surface area contributed by atoms with E-state index in [0.29, 0.717) is 0 Å². The van der Waals surface area contributed by atoms with Crippen molar-refractivity contribution in [2.75, 3.05) is 6.54 Å². The smallest absolute Gasteiger partial charge is 0.0992 e. The molecule has 19 heavy (non-hydrogen) atoms. The van der Waals surface area contributed by atoms with Crippen molar-refractivity contribution >= 4 is 21.6 Å². The first-order valence-electron chi connectivity index (χ1n) is 7.07. The molecule has 0 amide bonds. The summed E-state index contributed by atoms with van der Waals surface area (Å²) in [5, 5.41) is 1.22. The third kappa shape index (κ3) is 2.00. The lowest BCUT2D eigenvalue weighted by atomic mass is 9.64. The molecule has 0 atom stereocenters. The molecular weight excluding hydrogens is 252 g/mol. The molecule has 0 saturated heterocycles. The Balaban J connectivity index is 2.18. The summed E-state index contributed by atoms with van der Waals surface area (Å²) in [6, 6.07) is 6.59. The lowest BCUT2D eigenvalue weighted by Gasteiger charge is -2.41. The minimum absolute atomic E-state index is 0.121. The molecule has 0 spiro atoms. The Morgan fingerprint density at radius 3 is 2.58 bits per heavy atom. The van der Waals surface area contributed by atoms with Gasteiger partial charge >= 0.3 is 0 Å². The molecule has 2 nitrogen and oxygen atoms in total. The van der Waals surface area contributed by atoms with Gasteiger partial charge in [0.2, 0.25) is 0 Å². The van der Waals surface area contributed by atoms with E-state index in [9.17, 15) is 0 Å². The van der Waals surface area contributed by atoms with Crippen molar-refractivity contribution in [1.29, 1.82) is 0 Å². The highest BCUT2D eigenvalue weighted by Crippen LogP contribution is 2.46. The van der Waals surface area contributed by atoms with E-state index in [1.807, 2.05) is 11.3 Å². The first kappa shape index (κ1) is 13.1. The molecule has 0 unspecified atom stereocenters. The number of nitrogens with zero attached hydrogens (tertiary/aromatic N) is 1. The summed E-state index contributed by atoms with van der Waals surface area (Å²) >= 11 is 1.83. The zero-order chi connectivity index (χ0) is 13.7. The quantitative estimate of drug-likeness (QED) is 0.900. The highest BCUT2D eigenvalue weighted by atomic mass is 32.1. The molecule has 1 fully saturated rings. The maximum Gasteiger partial charge on any atom is 0.0992 e. The van der Waals surface area contributed by atoms with Gasteiger partial charge in [0.15, 0.2) is 0 Å². The van der Waals surface area contributed by atoms with Gasteiger partial charge in [-0.25, -0.2) is 4.98 Å². The van der Waals surface area contributed by atoms with Gasteiger partial charge in [-0.3, -0.25) is 0 Å². The fraction of sp³-hybridized carbons (Fsp3) is 0.562. The van der Waals surface area contributed by atoms with Crippen molar-refractivity contribution in [2.45, 2.75) is 50.9 Å². The van der Waals surface area contributed by atoms with Gasteiger partial charge in [-0.2, -0.15) is 0 Å². The summed E-state index contributed by atoms with van der Waals surface area (Å²) in [7, 11) is 0. The van der Waals surface area contributed by atoms with Gasteiger partial charge in [0.25, 0.3) is 0 Å². The first-order valence-corrected chi connectivity index (χ1v) is 7.88. The van der Waals surface area contributed by atoms with Crippen LogP contribution in [0.15, 0.2) is 18.2 Å². The van der Waals surface area contributed by atoms with Crippen LogP contribution in [0.4, 0.5) is 0 Å². The van der Waals surface area contributed by atoms with Crippen molar-refractivity contribution in [3.8, 4) is 0 Å². The molecule has 2 aromatic rings. The topological polar surface area (TPSA) is 38.9 Å². The van der Waals surface area contributed by atoms with Crippen LogP contribution in [0.1, 0.15) is 50.6 Å². The molecule has 102 valence electrons. The molecule has 1 aliphatic carbocycles. The van der Waals surface area contributed by atoms with E-state index >= 15 is 0 Å². The van der Waals surface area contributed by atoms with Crippen molar-refractivity contribution < 1.29 is 0 Å². The van der Waals surface area contributed by atoms with Crippen molar-refractivity contribution in [1.82, 2.24) is 4.98 Å². The molecule has 0 bridgehead atoms. The minimum atomic E-state index is 0.121. The zero-order valence-corrected chi connectivity index (χ0v) is 12.8. The van der Waals surface area contributed by atoms with Crippen molar-refractivity contribution in [3.05, 3.63) is 28.8 Å². The third-order valence-electron chi connectivity index (χ3n) is 4.33. The summed E-state index contributed by atoms with van der Waals surface area (Å²) in [5.41, 5.74) is 8.96. The maximum atomic E-state index is 6.06. The zero-order valence-electron chi connectivity index (χ0n) is 12.0. The van der Waals surface area contributed by atoms with Crippen LogP contribution in [0.2, 0.25) is 0 Å². The summed E-state index contributed by atoms with van der Waals surface area (Å²) < 4.78 is 1.31. The summed E-state index contributed by atoms with van der Waals surface area (Å²) in [4.78, 5) is 4.94. The highest BCUT2D eigenvalue weighted by Gasteiger charge is 2.39. The van der Waals surface area contributed by atoms with Crippen LogP contribution in [0, 0.1) is 0 Å². The average Bonchev–Trinajstić information content (AvgIpc) is 2.72. The van der Waals surface area contributed by atoms with Gasteiger partial charge < -0.3 is 5.73 Å². The van der Waals surface area contributed by atoms with Crippen LogP contribution in [-0.4, -0.2) is 11.5 Å². The molecule has 1 aliphatic rings. The third-order valence-corrected chi connectivity index (χ3v) is 5.78. The lowest BCUT2D eigenvalue weighted by molar-refractivity contribution is 0.255. The molecule has 3 rings (SSSR count). The van der Waals surface area contributed by atoms with Crippen molar-refractivity contribution in [3.63, 3.8) is 0 Å². The largest absolute Gasteiger partial charge is 0.330 e. The number of rotatable bonds is 2. The van der Waals surface area contributed by atoms with E-state index in [2.05, 4.69) is 39.0 Å². The Morgan fingerprint density at radius 1 is 1.32 bits per heavy atom. The van der Waals surface area contributed by atoms with Crippen LogP contribution in [0.5, 0.6) is 0 Å². The normalized spacial score (nSPS) is 18.5. The fourth-order valence-corrected chi connectivity index (χ4v) is 3.93. The second-order valence-corrected chi connectivity index (χ2v) is 7.79. The Kier molecular flexibility index (Phi) is 2.95. The predicted octanol–water partition coefficient (Wildman–Crippen LogP) is 3.97. The summed E-state index contributed by atoms with van der Waals surface area (Å²) in [5.74, 6) is 0. The van der Waals surface area contributed by atoms with E-state index in [1.54, 1.807) is 0 Å². The van der Waals surface area contributed by atoms with E-state index in [0.717, 1.165) is 6.54 Å². The number of hydrogen-bond donors (Lipinski definition) is 1. The lowest BCUT2D eigenvalue weighted by Crippen LogP contribution is -2.41. The number of hydrogen-bond acceptors (Lipinski definition) is 3. The Morgan fingerprint density at radius 2 is 2.05 bits per heavy atom. The van der Waals surface area contributed by atoms with E-state index < -0.39 is 0 Å². The van der Waals surface area contributed by atoms with Crippen LogP contribution in [0.3, 0.4) is 0 Å². The Hall–Kier alpha value is -0.930. The van der Waals surface area contributed by atoms with Crippen LogP contribution in [-0.2, 0) is 10.8 Å². The minimum Gasteiger partial charge on any atom is -0.330 e. The molecular formula is C16H22N2S. The standard InChI is InChI=1S/C16H22N2S/c1-15(2,3)14-18-13-11(6-4-7-12(13)19-14)16(10-17)8-5-9-16/h4,6-7H,5,8-10,17H2,1-3H3. The first-order chi connectivity index (χ1) is 8.96. The van der Waals surface area contributed by atoms with Gasteiger partial charge in [0.1, 0.15) is 0 Å². The van der Waals surface area contributed by atoms with Crippen LogP contribution in [0.25, 0.3) is 10.2 Å². The monoisotopic (exact) mass is 274 g/mol. The van der Waals surface area contributed by atoms with Gasteiger partial charge in [-0.1, -0.05) is 39.3 Å². The number of para-hydroxylation sites is 1. The number of nitrogens with two attached hydrogens (primary N) is 1. The van der Waals surface area contributed by atoms with Crippen LogP contribution < -0.4 is 5.73 Å². The molecule has 1 aromatic heterocycles. The average molecular weight is 274 g/mol. The second kappa shape index (κ2) is 4.29. The van der Waals surface area contributed by atoms with Gasteiger partial charge in [-0.15, -0.1) is 11.3 Å². The number of benzene rings is 1. The number of aromatic nitrogens is 1.